The van der Waals surface area contributed by atoms with Crippen molar-refractivity contribution in [2.45, 2.75) is 52.2 Å². The molecule has 0 amide bonds. The summed E-state index contributed by atoms with van der Waals surface area (Å²) < 4.78 is 13.1. The fourth-order valence-electron chi connectivity index (χ4n) is 3.59. The molecule has 9 heteroatoms. The molecule has 1 N–H and O–H groups in total. The second-order valence-corrected chi connectivity index (χ2v) is 7.20. The summed E-state index contributed by atoms with van der Waals surface area (Å²) in [6.45, 7) is 5.03. The van der Waals surface area contributed by atoms with Gasteiger partial charge in [-0.05, 0) is 31.9 Å². The van der Waals surface area contributed by atoms with Gasteiger partial charge in [-0.3, -0.25) is 0 Å². The van der Waals surface area contributed by atoms with E-state index in [-0.39, 0.29) is 24.0 Å². The summed E-state index contributed by atoms with van der Waals surface area (Å²) in [6, 6.07) is 5.87. The molecule has 2 aromatic rings. The molecule has 3 rings (SSSR count). The van der Waals surface area contributed by atoms with E-state index in [1.54, 1.807) is 14.2 Å². The van der Waals surface area contributed by atoms with Crippen LogP contribution in [0.15, 0.2) is 23.2 Å². The number of halogens is 1. The molecule has 0 saturated heterocycles. The third-order valence-electron chi connectivity index (χ3n) is 5.15. The minimum absolute atomic E-state index is 0. The number of hydrogen-bond acceptors (Lipinski definition) is 5. The number of nitrogens with zero attached hydrogens (tertiary/aromatic N) is 5. The summed E-state index contributed by atoms with van der Waals surface area (Å²) in [5.74, 6) is 4.44. The lowest BCUT2D eigenvalue weighted by Gasteiger charge is -2.23. The summed E-state index contributed by atoms with van der Waals surface area (Å²) in [7, 11) is 5.35. The molecule has 2 heterocycles. The van der Waals surface area contributed by atoms with Gasteiger partial charge in [0, 0.05) is 44.7 Å². The first-order chi connectivity index (χ1) is 14.2. The van der Waals surface area contributed by atoms with E-state index in [9.17, 15) is 0 Å². The molecule has 0 radical (unpaired) electrons. The predicted octanol–water partition coefficient (Wildman–Crippen LogP) is 3.24. The number of guanidine groups is 1. The molecule has 1 aliphatic heterocycles. The molecular weight excluding hydrogens is 495 g/mol. The Labute approximate surface area is 196 Å². The van der Waals surface area contributed by atoms with E-state index in [0.717, 1.165) is 54.2 Å². The van der Waals surface area contributed by atoms with Crippen molar-refractivity contribution in [3.05, 3.63) is 35.4 Å². The number of ether oxygens (including phenoxy) is 2. The van der Waals surface area contributed by atoms with Gasteiger partial charge in [0.1, 0.15) is 23.9 Å². The quantitative estimate of drug-likeness (QED) is 0.338. The highest BCUT2D eigenvalue weighted by Gasteiger charge is 2.16. The minimum atomic E-state index is 0. The number of fused-ring (bicyclic) bond motifs is 1. The fourth-order valence-corrected chi connectivity index (χ4v) is 3.59. The van der Waals surface area contributed by atoms with E-state index >= 15 is 0 Å². The lowest BCUT2D eigenvalue weighted by molar-refractivity contribution is 0.382. The average Bonchev–Trinajstić information content (AvgIpc) is 2.97. The first-order valence-corrected chi connectivity index (χ1v) is 10.3. The monoisotopic (exact) mass is 528 g/mol. The number of aryl methyl sites for hydroxylation is 1. The zero-order valence-electron chi connectivity index (χ0n) is 18.3. The number of rotatable bonds is 7. The lowest BCUT2D eigenvalue weighted by Crippen LogP contribution is -2.38. The van der Waals surface area contributed by atoms with Crippen LogP contribution in [0.25, 0.3) is 0 Å². The molecule has 0 unspecified atom stereocenters. The van der Waals surface area contributed by atoms with Gasteiger partial charge in [-0.15, -0.1) is 34.2 Å². The van der Waals surface area contributed by atoms with Crippen LogP contribution in [0.5, 0.6) is 11.5 Å². The molecule has 1 aromatic carbocycles. The van der Waals surface area contributed by atoms with Crippen LogP contribution in [0.2, 0.25) is 0 Å². The Hall–Kier alpha value is -2.04. The van der Waals surface area contributed by atoms with Crippen LogP contribution in [0.3, 0.4) is 0 Å². The Kier molecular flexibility index (Phi) is 9.67. The molecule has 0 atom stereocenters. The first kappa shape index (κ1) is 24.2. The van der Waals surface area contributed by atoms with Crippen LogP contribution < -0.4 is 14.8 Å². The van der Waals surface area contributed by atoms with Crippen LogP contribution in [0.1, 0.15) is 43.4 Å². The second-order valence-electron chi connectivity index (χ2n) is 7.20. The molecular formula is C21H33IN6O2. The summed E-state index contributed by atoms with van der Waals surface area (Å²) in [5.41, 5.74) is 1.07. The zero-order valence-corrected chi connectivity index (χ0v) is 20.7. The molecule has 0 bridgehead atoms. The number of aromatic nitrogens is 3. The predicted molar refractivity (Wildman–Crippen MR) is 129 cm³/mol. The van der Waals surface area contributed by atoms with Crippen molar-refractivity contribution in [3.8, 4) is 11.5 Å². The largest absolute Gasteiger partial charge is 0.497 e. The van der Waals surface area contributed by atoms with E-state index < -0.39 is 0 Å². The van der Waals surface area contributed by atoms with Crippen LogP contribution >= 0.6 is 24.0 Å². The summed E-state index contributed by atoms with van der Waals surface area (Å²) >= 11 is 0. The smallest absolute Gasteiger partial charge is 0.194 e. The van der Waals surface area contributed by atoms with Crippen molar-refractivity contribution in [1.82, 2.24) is 25.0 Å². The molecule has 30 heavy (non-hydrogen) atoms. The standard InChI is InChI=1S/C21H32N6O2.HI/c1-5-22-21(23-14-20-25-24-19-9-7-6-8-12-27(19)20)26(2)15-16-10-11-17(28-3)13-18(16)29-4;/h10-11,13H,5-9,12,14-15H2,1-4H3,(H,22,23);1H. The third-order valence-corrected chi connectivity index (χ3v) is 5.15. The summed E-state index contributed by atoms with van der Waals surface area (Å²) in [5, 5.41) is 12.1. The van der Waals surface area contributed by atoms with Crippen LogP contribution in [-0.4, -0.2) is 53.4 Å². The molecule has 0 spiro atoms. The maximum absolute atomic E-state index is 5.53. The van der Waals surface area contributed by atoms with Gasteiger partial charge >= 0.3 is 0 Å². The Balaban J connectivity index is 0.00000320. The van der Waals surface area contributed by atoms with E-state index in [2.05, 4.69) is 31.9 Å². The number of aliphatic imine (C=N–C) groups is 1. The van der Waals surface area contributed by atoms with Gasteiger partial charge in [0.25, 0.3) is 0 Å². The maximum atomic E-state index is 5.53. The Morgan fingerprint density at radius 2 is 2.03 bits per heavy atom. The van der Waals surface area contributed by atoms with Crippen LogP contribution in [0.4, 0.5) is 0 Å². The van der Waals surface area contributed by atoms with E-state index in [0.29, 0.717) is 13.1 Å². The van der Waals surface area contributed by atoms with Gasteiger partial charge in [-0.2, -0.15) is 0 Å². The molecule has 0 saturated carbocycles. The van der Waals surface area contributed by atoms with E-state index in [1.807, 2.05) is 25.2 Å². The molecule has 0 aliphatic carbocycles. The number of hydrogen-bond donors (Lipinski definition) is 1. The zero-order chi connectivity index (χ0) is 20.6. The van der Waals surface area contributed by atoms with Gasteiger partial charge in [-0.1, -0.05) is 6.42 Å². The van der Waals surface area contributed by atoms with Crippen molar-refractivity contribution < 1.29 is 9.47 Å². The highest BCUT2D eigenvalue weighted by atomic mass is 127. The molecule has 166 valence electrons. The van der Waals surface area contributed by atoms with E-state index in [4.69, 9.17) is 14.5 Å². The first-order valence-electron chi connectivity index (χ1n) is 10.3. The molecule has 1 aliphatic rings. The molecule has 1 aromatic heterocycles. The van der Waals surface area contributed by atoms with Crippen LogP contribution in [0, 0.1) is 0 Å². The highest BCUT2D eigenvalue weighted by Crippen LogP contribution is 2.25. The highest BCUT2D eigenvalue weighted by molar-refractivity contribution is 14.0. The molecule has 0 fully saturated rings. The van der Waals surface area contributed by atoms with Gasteiger partial charge in [0.2, 0.25) is 0 Å². The van der Waals surface area contributed by atoms with Gasteiger partial charge in [-0.25, -0.2) is 4.99 Å². The van der Waals surface area contributed by atoms with Crippen molar-refractivity contribution in [3.63, 3.8) is 0 Å². The normalized spacial score (nSPS) is 13.7. The SMILES string of the molecule is CCNC(=NCc1nnc2n1CCCCC2)N(C)Cc1ccc(OC)cc1OC.I. The Morgan fingerprint density at radius 3 is 2.77 bits per heavy atom. The van der Waals surface area contributed by atoms with Gasteiger partial charge in [0.05, 0.1) is 14.2 Å². The lowest BCUT2D eigenvalue weighted by atomic mass is 10.2. The van der Waals surface area contributed by atoms with Gasteiger partial charge < -0.3 is 24.3 Å². The Morgan fingerprint density at radius 1 is 1.20 bits per heavy atom. The van der Waals surface area contributed by atoms with Crippen molar-refractivity contribution in [2.75, 3.05) is 27.8 Å². The number of benzene rings is 1. The van der Waals surface area contributed by atoms with Crippen molar-refractivity contribution >= 4 is 29.9 Å². The van der Waals surface area contributed by atoms with Crippen LogP contribution in [-0.2, 0) is 26.1 Å². The van der Waals surface area contributed by atoms with Crippen molar-refractivity contribution in [2.24, 2.45) is 4.99 Å². The number of nitrogens with one attached hydrogen (secondary N) is 1. The second kappa shape index (κ2) is 12.0. The maximum Gasteiger partial charge on any atom is 0.194 e. The summed E-state index contributed by atoms with van der Waals surface area (Å²) in [6.07, 6.45) is 4.63. The third kappa shape index (κ3) is 5.99. The van der Waals surface area contributed by atoms with Crippen molar-refractivity contribution in [1.29, 1.82) is 0 Å². The fraction of sp³-hybridized carbons (Fsp3) is 0.571. The number of methoxy groups -OCH3 is 2. The minimum Gasteiger partial charge on any atom is -0.497 e. The summed E-state index contributed by atoms with van der Waals surface area (Å²) in [4.78, 5) is 6.91. The average molecular weight is 528 g/mol. The van der Waals surface area contributed by atoms with E-state index in [1.165, 1.54) is 19.3 Å². The Bertz CT molecular complexity index is 839. The molecule has 8 nitrogen and oxygen atoms in total. The topological polar surface area (TPSA) is 76.8 Å². The van der Waals surface area contributed by atoms with Gasteiger partial charge in [0.15, 0.2) is 11.8 Å².